The van der Waals surface area contributed by atoms with E-state index in [2.05, 4.69) is 55.6 Å². The van der Waals surface area contributed by atoms with Gasteiger partial charge in [-0.1, -0.05) is 55.8 Å². The smallest absolute Gasteiger partial charge is 0.0208 e. The summed E-state index contributed by atoms with van der Waals surface area (Å²) in [6, 6.07) is 10.5. The number of benzene rings is 1. The zero-order valence-corrected chi connectivity index (χ0v) is 9.79. The summed E-state index contributed by atoms with van der Waals surface area (Å²) in [5.41, 5.74) is 2.86. The molecule has 0 bridgehead atoms. The van der Waals surface area contributed by atoms with Crippen LogP contribution in [0.4, 0.5) is 0 Å². The molecule has 1 N–H and O–H groups in total. The van der Waals surface area contributed by atoms with Gasteiger partial charge in [0.25, 0.3) is 0 Å². The Kier molecular flexibility index (Phi) is 5.79. The van der Waals surface area contributed by atoms with E-state index in [-0.39, 0.29) is 0 Å². The summed E-state index contributed by atoms with van der Waals surface area (Å²) in [7, 11) is 0. The topological polar surface area (TPSA) is 12.0 Å². The van der Waals surface area contributed by atoms with Crippen molar-refractivity contribution in [3.63, 3.8) is 0 Å². The van der Waals surface area contributed by atoms with Crippen LogP contribution in [0.3, 0.4) is 0 Å². The minimum Gasteiger partial charge on any atom is -0.309 e. The molecule has 1 nitrogen and oxygen atoms in total. The number of rotatable bonds is 6. The van der Waals surface area contributed by atoms with E-state index in [1.807, 2.05) is 0 Å². The van der Waals surface area contributed by atoms with Gasteiger partial charge in [-0.3, -0.25) is 0 Å². The van der Waals surface area contributed by atoms with Gasteiger partial charge in [-0.05, 0) is 18.4 Å². The molecule has 82 valence electrons. The minimum atomic E-state index is 0.960. The predicted octanol–water partition coefficient (Wildman–Crippen LogP) is 3.52. The molecule has 0 aliphatic carbocycles. The molecule has 1 aromatic carbocycles. The molecule has 15 heavy (non-hydrogen) atoms. The average Bonchev–Trinajstić information content (AvgIpc) is 2.29. The summed E-state index contributed by atoms with van der Waals surface area (Å²) in [6.07, 6.45) is 4.60. The molecule has 0 heterocycles. The van der Waals surface area contributed by atoms with Gasteiger partial charge in [0.05, 0.1) is 0 Å². The molecule has 0 fully saturated rings. The Bertz CT molecular complexity index is 287. The van der Waals surface area contributed by atoms with E-state index in [0.717, 1.165) is 25.9 Å². The second-order valence-electron chi connectivity index (χ2n) is 3.71. The van der Waals surface area contributed by atoms with Crippen molar-refractivity contribution in [3.8, 4) is 0 Å². The van der Waals surface area contributed by atoms with Crippen molar-refractivity contribution in [3.05, 3.63) is 47.5 Å². The maximum absolute atomic E-state index is 3.47. The Balaban J connectivity index is 2.30. The second kappa shape index (κ2) is 7.24. The van der Waals surface area contributed by atoms with Gasteiger partial charge < -0.3 is 5.32 Å². The number of hydrogen-bond donors (Lipinski definition) is 1. The molecule has 0 aliphatic rings. The molecule has 0 saturated carbocycles. The lowest BCUT2D eigenvalue weighted by atomic mass is 10.1. The first kappa shape index (κ1) is 12.0. The first-order valence-electron chi connectivity index (χ1n) is 5.79. The zero-order valence-electron chi connectivity index (χ0n) is 9.79. The lowest BCUT2D eigenvalue weighted by Crippen LogP contribution is -2.16. The fraction of sp³-hybridized carbons (Fsp3) is 0.429. The summed E-state index contributed by atoms with van der Waals surface area (Å²) in [6.45, 7) is 6.37. The highest BCUT2D eigenvalue weighted by Crippen LogP contribution is 2.02. The van der Waals surface area contributed by atoms with Crippen LogP contribution in [0.25, 0.3) is 0 Å². The van der Waals surface area contributed by atoms with Gasteiger partial charge in [0.15, 0.2) is 0 Å². The quantitative estimate of drug-likeness (QED) is 0.697. The van der Waals surface area contributed by atoms with Gasteiger partial charge in [-0.15, -0.1) is 0 Å². The molecule has 1 aromatic rings. The number of hydrogen-bond acceptors (Lipinski definition) is 1. The first-order valence-corrected chi connectivity index (χ1v) is 5.79. The van der Waals surface area contributed by atoms with Gasteiger partial charge >= 0.3 is 0 Å². The molecule has 0 radical (unpaired) electrons. The van der Waals surface area contributed by atoms with E-state index in [4.69, 9.17) is 0 Å². The van der Waals surface area contributed by atoms with Crippen molar-refractivity contribution in [2.45, 2.75) is 33.2 Å². The third kappa shape index (κ3) is 4.80. The predicted molar refractivity (Wildman–Crippen MR) is 66.8 cm³/mol. The normalized spacial score (nSPS) is 11.7. The largest absolute Gasteiger partial charge is 0.309 e. The SMILES string of the molecule is CC/C=C(/CC)CNCc1ccccc1. The Labute approximate surface area is 93.2 Å². The molecule has 0 unspecified atom stereocenters. The van der Waals surface area contributed by atoms with Gasteiger partial charge in [-0.2, -0.15) is 0 Å². The monoisotopic (exact) mass is 203 g/mol. The highest BCUT2D eigenvalue weighted by atomic mass is 14.8. The van der Waals surface area contributed by atoms with Crippen LogP contribution in [-0.2, 0) is 6.54 Å². The standard InChI is InChI=1S/C14H21N/c1-3-8-13(4-2)11-15-12-14-9-6-5-7-10-14/h5-10,15H,3-4,11-12H2,1-2H3/b13-8-. The summed E-state index contributed by atoms with van der Waals surface area (Å²) in [5.74, 6) is 0. The Morgan fingerprint density at radius 1 is 1.20 bits per heavy atom. The van der Waals surface area contributed by atoms with Crippen molar-refractivity contribution >= 4 is 0 Å². The molecule has 1 heteroatoms. The third-order valence-corrected chi connectivity index (χ3v) is 2.47. The van der Waals surface area contributed by atoms with E-state index in [0.29, 0.717) is 0 Å². The maximum Gasteiger partial charge on any atom is 0.0208 e. The molecular formula is C14H21N. The van der Waals surface area contributed by atoms with Gasteiger partial charge in [0.2, 0.25) is 0 Å². The highest BCUT2D eigenvalue weighted by molar-refractivity contribution is 5.14. The lowest BCUT2D eigenvalue weighted by Gasteiger charge is -2.07. The van der Waals surface area contributed by atoms with Crippen LogP contribution in [0.2, 0.25) is 0 Å². The number of allylic oxidation sites excluding steroid dienone is 1. The summed E-state index contributed by atoms with van der Waals surface area (Å²) in [4.78, 5) is 0. The molecule has 0 aromatic heterocycles. The molecule has 0 saturated heterocycles. The van der Waals surface area contributed by atoms with Crippen LogP contribution in [0.5, 0.6) is 0 Å². The van der Waals surface area contributed by atoms with E-state index in [1.54, 1.807) is 0 Å². The third-order valence-electron chi connectivity index (χ3n) is 2.47. The van der Waals surface area contributed by atoms with Gasteiger partial charge in [-0.25, -0.2) is 0 Å². The van der Waals surface area contributed by atoms with Crippen LogP contribution >= 0.6 is 0 Å². The zero-order chi connectivity index (χ0) is 10.9. The highest BCUT2D eigenvalue weighted by Gasteiger charge is 1.94. The van der Waals surface area contributed by atoms with E-state index >= 15 is 0 Å². The number of nitrogens with one attached hydrogen (secondary N) is 1. The summed E-state index contributed by atoms with van der Waals surface area (Å²) < 4.78 is 0. The van der Waals surface area contributed by atoms with Crippen LogP contribution in [0.15, 0.2) is 42.0 Å². The molecular weight excluding hydrogens is 182 g/mol. The van der Waals surface area contributed by atoms with Crippen LogP contribution in [0.1, 0.15) is 32.3 Å². The van der Waals surface area contributed by atoms with Crippen molar-refractivity contribution in [2.75, 3.05) is 6.54 Å². The fourth-order valence-corrected chi connectivity index (χ4v) is 1.59. The molecule has 1 rings (SSSR count). The molecule has 0 atom stereocenters. The molecule has 0 aliphatic heterocycles. The molecule has 0 amide bonds. The van der Waals surface area contributed by atoms with Crippen molar-refractivity contribution in [2.24, 2.45) is 0 Å². The second-order valence-corrected chi connectivity index (χ2v) is 3.71. The van der Waals surface area contributed by atoms with Crippen LogP contribution in [-0.4, -0.2) is 6.54 Å². The summed E-state index contributed by atoms with van der Waals surface area (Å²) >= 11 is 0. The van der Waals surface area contributed by atoms with E-state index < -0.39 is 0 Å². The summed E-state index contributed by atoms with van der Waals surface area (Å²) in [5, 5.41) is 3.47. The van der Waals surface area contributed by atoms with Crippen molar-refractivity contribution < 1.29 is 0 Å². The van der Waals surface area contributed by atoms with Crippen LogP contribution in [0, 0.1) is 0 Å². The van der Waals surface area contributed by atoms with Crippen molar-refractivity contribution in [1.82, 2.24) is 5.32 Å². The van der Waals surface area contributed by atoms with Crippen molar-refractivity contribution in [1.29, 1.82) is 0 Å². The average molecular weight is 203 g/mol. The maximum atomic E-state index is 3.47. The Hall–Kier alpha value is -1.08. The fourth-order valence-electron chi connectivity index (χ4n) is 1.59. The van der Waals surface area contributed by atoms with Gasteiger partial charge in [0, 0.05) is 13.1 Å². The Morgan fingerprint density at radius 3 is 2.53 bits per heavy atom. The van der Waals surface area contributed by atoms with E-state index in [9.17, 15) is 0 Å². The Morgan fingerprint density at radius 2 is 1.93 bits per heavy atom. The van der Waals surface area contributed by atoms with E-state index in [1.165, 1.54) is 11.1 Å². The first-order chi connectivity index (χ1) is 7.36. The van der Waals surface area contributed by atoms with Gasteiger partial charge in [0.1, 0.15) is 0 Å². The lowest BCUT2D eigenvalue weighted by molar-refractivity contribution is 0.723. The minimum absolute atomic E-state index is 0.960. The van der Waals surface area contributed by atoms with Crippen LogP contribution < -0.4 is 5.32 Å². The molecule has 0 spiro atoms.